The summed E-state index contributed by atoms with van der Waals surface area (Å²) in [5.74, 6) is -0.784. The van der Waals surface area contributed by atoms with Crippen LogP contribution in [0.4, 0.5) is 8.78 Å². The van der Waals surface area contributed by atoms with E-state index in [4.69, 9.17) is 0 Å². The van der Waals surface area contributed by atoms with E-state index in [1.165, 1.54) is 40.7 Å². The summed E-state index contributed by atoms with van der Waals surface area (Å²) in [5, 5.41) is 0. The van der Waals surface area contributed by atoms with Crippen molar-refractivity contribution in [2.45, 2.75) is 37.1 Å². The lowest BCUT2D eigenvalue weighted by Gasteiger charge is -2.18. The summed E-state index contributed by atoms with van der Waals surface area (Å²) in [6.45, 7) is 0.409. The Morgan fingerprint density at radius 3 is 2.54 bits per heavy atom. The minimum absolute atomic E-state index is 0.0423. The summed E-state index contributed by atoms with van der Waals surface area (Å²) in [6, 6.07) is 12.3. The highest BCUT2D eigenvalue weighted by molar-refractivity contribution is 7.88. The van der Waals surface area contributed by atoms with E-state index >= 15 is 0 Å². The number of nitrogens with zero attached hydrogens (tertiary/aromatic N) is 1. The van der Waals surface area contributed by atoms with Crippen molar-refractivity contribution < 1.29 is 17.2 Å². The van der Waals surface area contributed by atoms with E-state index in [0.717, 1.165) is 18.4 Å². The van der Waals surface area contributed by atoms with Crippen molar-refractivity contribution in [3.63, 3.8) is 0 Å². The van der Waals surface area contributed by atoms with Crippen LogP contribution >= 0.6 is 0 Å². The van der Waals surface area contributed by atoms with Gasteiger partial charge in [0.05, 0.1) is 5.75 Å². The first-order valence-electron chi connectivity index (χ1n) is 9.28. The van der Waals surface area contributed by atoms with E-state index in [-0.39, 0.29) is 29.5 Å². The molecule has 5 nitrogen and oxygen atoms in total. The van der Waals surface area contributed by atoms with Crippen LogP contribution in [0.5, 0.6) is 0 Å². The Kier molecular flexibility index (Phi) is 6.77. The van der Waals surface area contributed by atoms with Gasteiger partial charge in [-0.05, 0) is 54.7 Å². The molecule has 2 unspecified atom stereocenters. The van der Waals surface area contributed by atoms with Crippen molar-refractivity contribution in [2.24, 2.45) is 0 Å². The number of hydrogen-bond acceptors (Lipinski definition) is 4. The monoisotopic (exact) mass is 409 g/mol. The van der Waals surface area contributed by atoms with Gasteiger partial charge in [0.1, 0.15) is 11.6 Å². The molecule has 0 saturated carbocycles. The molecule has 0 radical (unpaired) electrons. The molecule has 1 saturated heterocycles. The molecule has 8 heteroatoms. The molecule has 28 heavy (non-hydrogen) atoms. The molecule has 2 N–H and O–H groups in total. The lowest BCUT2D eigenvalue weighted by Crippen LogP contribution is -2.33. The Bertz CT molecular complexity index is 891. The zero-order valence-corrected chi connectivity index (χ0v) is 16.6. The predicted octanol–water partition coefficient (Wildman–Crippen LogP) is 3.11. The van der Waals surface area contributed by atoms with Gasteiger partial charge in [-0.1, -0.05) is 24.3 Å². The van der Waals surface area contributed by atoms with Crippen LogP contribution in [0.2, 0.25) is 0 Å². The van der Waals surface area contributed by atoms with Crippen molar-refractivity contribution >= 4 is 10.0 Å². The summed E-state index contributed by atoms with van der Waals surface area (Å²) in [4.78, 5) is 0. The van der Waals surface area contributed by atoms with Crippen molar-refractivity contribution in [3.8, 4) is 0 Å². The third-order valence-electron chi connectivity index (χ3n) is 5.00. The van der Waals surface area contributed by atoms with Crippen molar-refractivity contribution in [1.29, 1.82) is 0 Å². The Labute approximate surface area is 164 Å². The highest BCUT2D eigenvalue weighted by Gasteiger charge is 2.25. The maximum Gasteiger partial charge on any atom is 0.218 e. The first kappa shape index (κ1) is 20.9. The Balaban J connectivity index is 1.45. The molecule has 1 fully saturated rings. The van der Waals surface area contributed by atoms with E-state index in [1.807, 2.05) is 6.07 Å². The molecule has 2 aromatic rings. The molecule has 2 atom stereocenters. The van der Waals surface area contributed by atoms with Crippen molar-refractivity contribution in [3.05, 3.63) is 71.3 Å². The molecule has 152 valence electrons. The van der Waals surface area contributed by atoms with Gasteiger partial charge in [-0.15, -0.1) is 0 Å². The van der Waals surface area contributed by atoms with E-state index in [1.54, 1.807) is 13.1 Å². The third-order valence-corrected chi connectivity index (χ3v) is 6.83. The number of nitrogens with one attached hydrogen (secondary N) is 2. The third kappa shape index (κ3) is 5.57. The number of halogens is 2. The lowest BCUT2D eigenvalue weighted by molar-refractivity contribution is 0.427. The topological polar surface area (TPSA) is 61.4 Å². The second kappa shape index (κ2) is 9.09. The second-order valence-corrected chi connectivity index (χ2v) is 9.25. The van der Waals surface area contributed by atoms with Gasteiger partial charge in [-0.3, -0.25) is 10.9 Å². The number of rotatable bonds is 8. The van der Waals surface area contributed by atoms with Crippen LogP contribution < -0.4 is 10.9 Å². The average molecular weight is 410 g/mol. The van der Waals surface area contributed by atoms with Crippen LogP contribution in [-0.4, -0.2) is 32.4 Å². The number of sulfonamides is 1. The van der Waals surface area contributed by atoms with Crippen molar-refractivity contribution in [2.75, 3.05) is 13.6 Å². The molecule has 1 aliphatic rings. The van der Waals surface area contributed by atoms with Crippen LogP contribution in [0.3, 0.4) is 0 Å². The molecule has 2 aromatic carbocycles. The fraction of sp³-hybridized carbons (Fsp3) is 0.400. The highest BCUT2D eigenvalue weighted by atomic mass is 32.2. The SMILES string of the molecule is CN(CCCC1CC(c2cccc(F)c2)NN1)S(=O)(=O)Cc1ccc(F)cc1. The van der Waals surface area contributed by atoms with Crippen molar-refractivity contribution in [1.82, 2.24) is 15.2 Å². The second-order valence-electron chi connectivity index (χ2n) is 7.18. The number of hydrazine groups is 1. The largest absolute Gasteiger partial charge is 0.254 e. The van der Waals surface area contributed by atoms with Crippen LogP contribution in [0.25, 0.3) is 0 Å². The number of benzene rings is 2. The highest BCUT2D eigenvalue weighted by Crippen LogP contribution is 2.24. The molecule has 0 bridgehead atoms. The maximum absolute atomic E-state index is 13.4. The fourth-order valence-electron chi connectivity index (χ4n) is 3.35. The molecule has 0 spiro atoms. The summed E-state index contributed by atoms with van der Waals surface area (Å²) >= 11 is 0. The van der Waals surface area contributed by atoms with Gasteiger partial charge in [0.25, 0.3) is 0 Å². The van der Waals surface area contributed by atoms with Gasteiger partial charge < -0.3 is 0 Å². The van der Waals surface area contributed by atoms with Gasteiger partial charge >= 0.3 is 0 Å². The maximum atomic E-state index is 13.4. The van der Waals surface area contributed by atoms with Crippen LogP contribution in [0.15, 0.2) is 48.5 Å². The summed E-state index contributed by atoms with van der Waals surface area (Å²) in [6.07, 6.45) is 2.32. The zero-order valence-electron chi connectivity index (χ0n) is 15.7. The summed E-state index contributed by atoms with van der Waals surface area (Å²) in [5.41, 5.74) is 7.84. The Morgan fingerprint density at radius 2 is 1.82 bits per heavy atom. The summed E-state index contributed by atoms with van der Waals surface area (Å²) < 4.78 is 52.6. The summed E-state index contributed by atoms with van der Waals surface area (Å²) in [7, 11) is -1.88. The van der Waals surface area contributed by atoms with Gasteiger partial charge in [0.2, 0.25) is 10.0 Å². The molecular weight excluding hydrogens is 384 g/mol. The van der Waals surface area contributed by atoms with Crippen LogP contribution in [-0.2, 0) is 15.8 Å². The molecule has 1 heterocycles. The molecule has 0 amide bonds. The van der Waals surface area contributed by atoms with E-state index in [0.29, 0.717) is 18.5 Å². The molecule has 0 aliphatic carbocycles. The quantitative estimate of drug-likeness (QED) is 0.703. The first-order chi connectivity index (χ1) is 13.3. The molecule has 3 rings (SSSR count). The van der Waals surface area contributed by atoms with Gasteiger partial charge in [-0.25, -0.2) is 21.5 Å². The fourth-order valence-corrected chi connectivity index (χ4v) is 4.60. The minimum Gasteiger partial charge on any atom is -0.254 e. The van der Waals surface area contributed by atoms with Gasteiger partial charge in [0, 0.05) is 25.7 Å². The smallest absolute Gasteiger partial charge is 0.218 e. The van der Waals surface area contributed by atoms with E-state index in [9.17, 15) is 17.2 Å². The molecular formula is C20H25F2N3O2S. The predicted molar refractivity (Wildman–Crippen MR) is 105 cm³/mol. The standard InChI is InChI=1S/C20H25F2N3O2S/c1-25(28(26,27)14-15-7-9-17(21)10-8-15)11-3-6-19-13-20(24-23-19)16-4-2-5-18(22)12-16/h2,4-5,7-10,12,19-20,23-24H,3,6,11,13-14H2,1H3. The first-order valence-corrected chi connectivity index (χ1v) is 10.9. The van der Waals surface area contributed by atoms with Gasteiger partial charge in [0.15, 0.2) is 0 Å². The normalized spacial score (nSPS) is 20.0. The van der Waals surface area contributed by atoms with E-state index in [2.05, 4.69) is 10.9 Å². The minimum atomic E-state index is -3.45. The Morgan fingerprint density at radius 1 is 1.07 bits per heavy atom. The molecule has 1 aliphatic heterocycles. The van der Waals surface area contributed by atoms with Gasteiger partial charge in [-0.2, -0.15) is 0 Å². The lowest BCUT2D eigenvalue weighted by atomic mass is 10.00. The average Bonchev–Trinajstić information content (AvgIpc) is 3.12. The zero-order chi connectivity index (χ0) is 20.1. The van der Waals surface area contributed by atoms with E-state index < -0.39 is 10.0 Å². The molecule has 0 aromatic heterocycles. The Hall–Kier alpha value is -1.87. The van der Waals surface area contributed by atoms with Crippen LogP contribution in [0.1, 0.15) is 36.4 Å². The van der Waals surface area contributed by atoms with Crippen LogP contribution in [0, 0.1) is 11.6 Å². The number of hydrogen-bond donors (Lipinski definition) is 2.